The minimum atomic E-state index is -4.61. The average Bonchev–Trinajstić information content (AvgIpc) is 2.89. The second-order valence-electron chi connectivity index (χ2n) is 7.69. The molecule has 4 aromatic rings. The van der Waals surface area contributed by atoms with Crippen LogP contribution in [0.3, 0.4) is 0 Å². The Bertz CT molecular complexity index is 1310. The van der Waals surface area contributed by atoms with Crippen molar-refractivity contribution in [3.63, 3.8) is 0 Å². The van der Waals surface area contributed by atoms with E-state index in [2.05, 4.69) is 4.98 Å². The van der Waals surface area contributed by atoms with Crippen LogP contribution in [0.2, 0.25) is 0 Å². The lowest BCUT2D eigenvalue weighted by Crippen LogP contribution is -2.34. The lowest BCUT2D eigenvalue weighted by Gasteiger charge is -2.38. The first-order valence-electron chi connectivity index (χ1n) is 10.7. The van der Waals surface area contributed by atoms with E-state index in [-0.39, 0.29) is 11.3 Å². The summed E-state index contributed by atoms with van der Waals surface area (Å²) in [6.45, 7) is -0.431. The molecular weight excluding hydrogens is 453 g/mol. The van der Waals surface area contributed by atoms with Gasteiger partial charge in [0, 0.05) is 6.20 Å². The first-order valence-corrected chi connectivity index (χ1v) is 10.7. The Kier molecular flexibility index (Phi) is 6.65. The summed E-state index contributed by atoms with van der Waals surface area (Å²) in [7, 11) is 0. The quantitative estimate of drug-likeness (QED) is 0.249. The molecular formula is C28H19F3N2O2. The maximum atomic E-state index is 14.3. The lowest BCUT2D eigenvalue weighted by atomic mass is 9.64. The van der Waals surface area contributed by atoms with Gasteiger partial charge >= 0.3 is 12.1 Å². The van der Waals surface area contributed by atoms with Crippen LogP contribution in [0.5, 0.6) is 0 Å². The van der Waals surface area contributed by atoms with Crippen molar-refractivity contribution in [3.8, 4) is 6.07 Å². The minimum absolute atomic E-state index is 0.0338. The number of nitrogens with zero attached hydrogens (tertiary/aromatic N) is 2. The number of ether oxygens (including phenoxy) is 1. The van der Waals surface area contributed by atoms with Crippen molar-refractivity contribution in [2.75, 3.05) is 6.61 Å². The molecule has 0 radical (unpaired) electrons. The molecule has 4 rings (SSSR count). The number of benzene rings is 3. The molecule has 0 fully saturated rings. The normalized spacial score (nSPS) is 11.5. The monoisotopic (exact) mass is 472 g/mol. The van der Waals surface area contributed by atoms with Crippen LogP contribution in [-0.4, -0.2) is 17.6 Å². The third-order valence-electron chi connectivity index (χ3n) is 5.72. The van der Waals surface area contributed by atoms with E-state index in [9.17, 15) is 18.0 Å². The average molecular weight is 472 g/mol. The van der Waals surface area contributed by atoms with E-state index >= 15 is 0 Å². The molecule has 0 spiro atoms. The number of carbonyl (C=O) groups excluding carboxylic acids is 1. The van der Waals surface area contributed by atoms with E-state index in [0.29, 0.717) is 16.7 Å². The maximum absolute atomic E-state index is 14.3. The van der Waals surface area contributed by atoms with Gasteiger partial charge in [-0.05, 0) is 34.4 Å². The molecule has 35 heavy (non-hydrogen) atoms. The highest BCUT2D eigenvalue weighted by Gasteiger charge is 2.45. The molecule has 0 N–H and O–H groups in total. The van der Waals surface area contributed by atoms with Crippen molar-refractivity contribution in [1.29, 1.82) is 5.26 Å². The van der Waals surface area contributed by atoms with Gasteiger partial charge in [0.05, 0.1) is 11.0 Å². The zero-order valence-corrected chi connectivity index (χ0v) is 18.4. The summed E-state index contributed by atoms with van der Waals surface area (Å²) >= 11 is 0. The van der Waals surface area contributed by atoms with E-state index in [1.807, 2.05) is 0 Å². The highest BCUT2D eigenvalue weighted by Crippen LogP contribution is 2.48. The van der Waals surface area contributed by atoms with Gasteiger partial charge in [0.2, 0.25) is 0 Å². The summed E-state index contributed by atoms with van der Waals surface area (Å²) in [4.78, 5) is 16.4. The molecule has 4 nitrogen and oxygen atoms in total. The Hall–Kier alpha value is -4.44. The number of halogens is 3. The highest BCUT2D eigenvalue weighted by molar-refractivity contribution is 5.87. The van der Waals surface area contributed by atoms with E-state index in [1.54, 1.807) is 78.9 Å². The van der Waals surface area contributed by atoms with Gasteiger partial charge in [-0.25, -0.2) is 9.78 Å². The standard InChI is InChI=1S/C28H19F3N2O2/c29-28(30,31)24-14-8-7-13-23(24)27(20-9-3-1-4-10-20,21-11-5-2-6-12-21)22-15-16-25(33-19-22)26(34)35-18-17-32/h1-16,19H,18H2. The highest BCUT2D eigenvalue weighted by atomic mass is 19.4. The SMILES string of the molecule is N#CCOC(=O)c1ccc(C(c2ccccc2)(c2ccccc2)c2ccccc2C(F)(F)F)cn1. The second kappa shape index (κ2) is 9.82. The van der Waals surface area contributed by atoms with Crippen molar-refractivity contribution in [2.45, 2.75) is 11.6 Å². The van der Waals surface area contributed by atoms with Crippen molar-refractivity contribution in [1.82, 2.24) is 4.98 Å². The third kappa shape index (κ3) is 4.51. The lowest BCUT2D eigenvalue weighted by molar-refractivity contribution is -0.138. The summed E-state index contributed by atoms with van der Waals surface area (Å²) in [5, 5.41) is 8.64. The predicted molar refractivity (Wildman–Crippen MR) is 123 cm³/mol. The molecule has 1 heterocycles. The summed E-state index contributed by atoms with van der Waals surface area (Å²) < 4.78 is 47.7. The number of esters is 1. The molecule has 0 aliphatic rings. The third-order valence-corrected chi connectivity index (χ3v) is 5.72. The molecule has 0 amide bonds. The molecule has 0 saturated carbocycles. The minimum Gasteiger partial charge on any atom is -0.446 e. The topological polar surface area (TPSA) is 63.0 Å². The summed E-state index contributed by atoms with van der Waals surface area (Å²) in [6.07, 6.45) is -3.23. The smallest absolute Gasteiger partial charge is 0.416 e. The van der Waals surface area contributed by atoms with Crippen LogP contribution in [0.15, 0.2) is 103 Å². The first kappa shape index (κ1) is 23.7. The molecule has 0 bridgehead atoms. The fraction of sp³-hybridized carbons (Fsp3) is 0.107. The number of rotatable bonds is 6. The van der Waals surface area contributed by atoms with Crippen LogP contribution in [0.1, 0.15) is 38.3 Å². The van der Waals surface area contributed by atoms with Crippen LogP contribution in [-0.2, 0) is 16.3 Å². The number of pyridine rings is 1. The Morgan fingerprint density at radius 3 is 1.80 bits per heavy atom. The largest absolute Gasteiger partial charge is 0.446 e. The van der Waals surface area contributed by atoms with Gasteiger partial charge in [0.1, 0.15) is 11.8 Å². The van der Waals surface area contributed by atoms with Gasteiger partial charge in [-0.3, -0.25) is 0 Å². The van der Waals surface area contributed by atoms with Gasteiger partial charge in [0.25, 0.3) is 0 Å². The van der Waals surface area contributed by atoms with Crippen molar-refractivity contribution >= 4 is 5.97 Å². The number of hydrogen-bond donors (Lipinski definition) is 0. The number of nitriles is 1. The molecule has 0 saturated heterocycles. The number of hydrogen-bond acceptors (Lipinski definition) is 4. The van der Waals surface area contributed by atoms with Crippen LogP contribution < -0.4 is 0 Å². The molecule has 0 atom stereocenters. The first-order chi connectivity index (χ1) is 16.9. The van der Waals surface area contributed by atoms with Gasteiger partial charge in [0.15, 0.2) is 6.61 Å². The zero-order valence-electron chi connectivity index (χ0n) is 18.4. The van der Waals surface area contributed by atoms with E-state index in [1.165, 1.54) is 24.4 Å². The Labute approximate surface area is 200 Å². The van der Waals surface area contributed by atoms with Crippen molar-refractivity contribution < 1.29 is 22.7 Å². The van der Waals surface area contributed by atoms with Crippen molar-refractivity contribution in [3.05, 3.63) is 137 Å². The van der Waals surface area contributed by atoms with Gasteiger partial charge < -0.3 is 4.74 Å². The number of alkyl halides is 3. The molecule has 0 unspecified atom stereocenters. The van der Waals surface area contributed by atoms with Crippen LogP contribution in [0.25, 0.3) is 0 Å². The molecule has 3 aromatic carbocycles. The Balaban J connectivity index is 2.06. The predicted octanol–water partition coefficient (Wildman–Crippen LogP) is 6.16. The fourth-order valence-corrected chi connectivity index (χ4v) is 4.31. The van der Waals surface area contributed by atoms with E-state index in [4.69, 9.17) is 10.00 Å². The summed E-state index contributed by atoms with van der Waals surface area (Å²) in [6, 6.07) is 27.9. The van der Waals surface area contributed by atoms with Gasteiger partial charge in [-0.15, -0.1) is 0 Å². The second-order valence-corrected chi connectivity index (χ2v) is 7.69. The van der Waals surface area contributed by atoms with E-state index < -0.39 is 29.7 Å². The number of carbonyl (C=O) groups is 1. The van der Waals surface area contributed by atoms with Crippen LogP contribution in [0.4, 0.5) is 13.2 Å². The fourth-order valence-electron chi connectivity index (χ4n) is 4.31. The Morgan fingerprint density at radius 2 is 1.31 bits per heavy atom. The molecule has 0 aliphatic carbocycles. The molecule has 174 valence electrons. The van der Waals surface area contributed by atoms with Gasteiger partial charge in [-0.2, -0.15) is 18.4 Å². The van der Waals surface area contributed by atoms with Gasteiger partial charge in [-0.1, -0.05) is 84.9 Å². The summed E-state index contributed by atoms with van der Waals surface area (Å²) in [5.74, 6) is -0.793. The molecule has 7 heteroatoms. The summed E-state index contributed by atoms with van der Waals surface area (Å²) in [5.41, 5.74) is -0.547. The maximum Gasteiger partial charge on any atom is 0.416 e. The van der Waals surface area contributed by atoms with Crippen LogP contribution in [0, 0.1) is 11.3 Å². The molecule has 0 aliphatic heterocycles. The van der Waals surface area contributed by atoms with E-state index in [0.717, 1.165) is 6.07 Å². The van der Waals surface area contributed by atoms with Crippen molar-refractivity contribution in [2.24, 2.45) is 0 Å². The zero-order chi connectivity index (χ0) is 24.9. The Morgan fingerprint density at radius 1 is 0.771 bits per heavy atom. The number of aromatic nitrogens is 1. The van der Waals surface area contributed by atoms with Crippen LogP contribution >= 0.6 is 0 Å². The molecule has 1 aromatic heterocycles.